The zero-order valence-electron chi connectivity index (χ0n) is 8.56. The first-order valence-corrected chi connectivity index (χ1v) is 5.65. The van der Waals surface area contributed by atoms with E-state index in [2.05, 4.69) is 10.2 Å². The lowest BCUT2D eigenvalue weighted by Crippen LogP contribution is -1.92. The van der Waals surface area contributed by atoms with Gasteiger partial charge in [0, 0.05) is 19.2 Å². The van der Waals surface area contributed by atoms with Crippen molar-refractivity contribution in [3.63, 3.8) is 0 Å². The Morgan fingerprint density at radius 2 is 2.36 bits per heavy atom. The maximum absolute atomic E-state index is 10.7. The molecule has 4 nitrogen and oxygen atoms in total. The normalized spacial score (nSPS) is 10.4. The molecule has 0 bridgehead atoms. The highest BCUT2D eigenvalue weighted by molar-refractivity contribution is 7.99. The molecule has 0 radical (unpaired) electrons. The summed E-state index contributed by atoms with van der Waals surface area (Å²) < 4.78 is 1.90. The lowest BCUT2D eigenvalue weighted by Gasteiger charge is -1.99. The second kappa shape index (κ2) is 5.80. The summed E-state index contributed by atoms with van der Waals surface area (Å²) in [7, 11) is 1.93. The van der Waals surface area contributed by atoms with Gasteiger partial charge < -0.3 is 9.36 Å². The van der Waals surface area contributed by atoms with Crippen LogP contribution in [0, 0.1) is 0 Å². The van der Waals surface area contributed by atoms with E-state index in [0.29, 0.717) is 6.42 Å². The molecule has 0 saturated carbocycles. The molecule has 0 atom stereocenters. The molecule has 0 aliphatic heterocycles. The molecule has 1 aromatic heterocycles. The van der Waals surface area contributed by atoms with Gasteiger partial charge in [0.15, 0.2) is 5.16 Å². The first-order valence-electron chi connectivity index (χ1n) is 4.66. The summed E-state index contributed by atoms with van der Waals surface area (Å²) in [4.78, 5) is 10.7. The third-order valence-corrected chi connectivity index (χ3v) is 2.94. The summed E-state index contributed by atoms with van der Waals surface area (Å²) in [5, 5.41) is 8.68. The van der Waals surface area contributed by atoms with Gasteiger partial charge in [0.1, 0.15) is 12.1 Å². The average Bonchev–Trinajstić information content (AvgIpc) is 2.51. The summed E-state index contributed by atoms with van der Waals surface area (Å²) in [5.74, 6) is 1.27. The minimum absolute atomic E-state index is 0.272. The molecular formula is C9H15N3OS. The van der Waals surface area contributed by atoms with Crippen LogP contribution in [0.4, 0.5) is 0 Å². The van der Waals surface area contributed by atoms with E-state index in [-0.39, 0.29) is 5.78 Å². The van der Waals surface area contributed by atoms with Crippen molar-refractivity contribution in [1.29, 1.82) is 0 Å². The topological polar surface area (TPSA) is 47.8 Å². The summed E-state index contributed by atoms with van der Waals surface area (Å²) in [6.45, 7) is 1.63. The Balaban J connectivity index is 2.10. The molecule has 0 aliphatic rings. The molecule has 0 unspecified atom stereocenters. The summed E-state index contributed by atoms with van der Waals surface area (Å²) in [6.07, 6.45) is 4.41. The molecule has 0 spiro atoms. The number of ketones is 1. The van der Waals surface area contributed by atoms with Crippen LogP contribution in [0.5, 0.6) is 0 Å². The van der Waals surface area contributed by atoms with Crippen LogP contribution in [0.3, 0.4) is 0 Å². The zero-order chi connectivity index (χ0) is 10.4. The number of rotatable bonds is 6. The number of carbonyl (C=O) groups is 1. The van der Waals surface area contributed by atoms with Gasteiger partial charge in [0.05, 0.1) is 0 Å². The van der Waals surface area contributed by atoms with Crippen molar-refractivity contribution in [3.05, 3.63) is 6.33 Å². The highest BCUT2D eigenvalue weighted by atomic mass is 32.2. The van der Waals surface area contributed by atoms with E-state index in [1.54, 1.807) is 25.0 Å². The molecule has 0 aromatic carbocycles. The van der Waals surface area contributed by atoms with Crippen molar-refractivity contribution >= 4 is 17.5 Å². The predicted molar refractivity (Wildman–Crippen MR) is 56.3 cm³/mol. The smallest absolute Gasteiger partial charge is 0.190 e. The maximum atomic E-state index is 10.7. The Hall–Kier alpha value is -0.840. The minimum atomic E-state index is 0.272. The Bertz CT molecular complexity index is 298. The highest BCUT2D eigenvalue weighted by Gasteiger charge is 2.00. The van der Waals surface area contributed by atoms with Gasteiger partial charge >= 0.3 is 0 Å². The van der Waals surface area contributed by atoms with Crippen molar-refractivity contribution < 1.29 is 4.79 Å². The van der Waals surface area contributed by atoms with Gasteiger partial charge in [-0.2, -0.15) is 0 Å². The lowest BCUT2D eigenvalue weighted by atomic mass is 10.2. The summed E-state index contributed by atoms with van der Waals surface area (Å²) in [5.41, 5.74) is 0. The van der Waals surface area contributed by atoms with Crippen molar-refractivity contribution in [2.75, 3.05) is 5.75 Å². The second-order valence-electron chi connectivity index (χ2n) is 3.23. The number of unbranched alkanes of at least 4 members (excludes halogenated alkanes) is 1. The molecular weight excluding hydrogens is 198 g/mol. The van der Waals surface area contributed by atoms with Crippen LogP contribution in [0.25, 0.3) is 0 Å². The molecule has 0 fully saturated rings. The van der Waals surface area contributed by atoms with Gasteiger partial charge in [-0.1, -0.05) is 11.8 Å². The van der Waals surface area contributed by atoms with E-state index in [9.17, 15) is 4.79 Å². The van der Waals surface area contributed by atoms with Gasteiger partial charge in [-0.25, -0.2) is 0 Å². The summed E-state index contributed by atoms with van der Waals surface area (Å²) >= 11 is 1.68. The quantitative estimate of drug-likeness (QED) is 0.532. The fourth-order valence-electron chi connectivity index (χ4n) is 1.04. The van der Waals surface area contributed by atoms with Crippen LogP contribution in [-0.2, 0) is 11.8 Å². The van der Waals surface area contributed by atoms with E-state index in [1.807, 2.05) is 11.6 Å². The zero-order valence-corrected chi connectivity index (χ0v) is 9.38. The van der Waals surface area contributed by atoms with E-state index in [1.165, 1.54) is 0 Å². The Kier molecular flexibility index (Phi) is 4.65. The van der Waals surface area contributed by atoms with Crippen LogP contribution in [0.1, 0.15) is 26.2 Å². The summed E-state index contributed by atoms with van der Waals surface area (Å²) in [6, 6.07) is 0. The van der Waals surface area contributed by atoms with Crippen LogP contribution < -0.4 is 0 Å². The third-order valence-electron chi connectivity index (χ3n) is 1.82. The SMILES string of the molecule is CC(=O)CCCCSc1nncn1C. The van der Waals surface area contributed by atoms with Crippen molar-refractivity contribution in [2.45, 2.75) is 31.3 Å². The number of thioether (sulfide) groups is 1. The highest BCUT2D eigenvalue weighted by Crippen LogP contribution is 2.15. The first kappa shape index (κ1) is 11.2. The molecule has 0 aliphatic carbocycles. The number of nitrogens with zero attached hydrogens (tertiary/aromatic N) is 3. The largest absolute Gasteiger partial charge is 0.312 e. The van der Waals surface area contributed by atoms with Gasteiger partial charge in [0.25, 0.3) is 0 Å². The van der Waals surface area contributed by atoms with Gasteiger partial charge in [0.2, 0.25) is 0 Å². The van der Waals surface area contributed by atoms with Crippen molar-refractivity contribution in [3.8, 4) is 0 Å². The monoisotopic (exact) mass is 213 g/mol. The molecule has 78 valence electrons. The Labute approximate surface area is 88.1 Å². The number of aryl methyl sites for hydroxylation is 1. The standard InChI is InChI=1S/C9H15N3OS/c1-8(13)5-3-4-6-14-9-11-10-7-12(9)2/h7H,3-6H2,1-2H3. The van der Waals surface area contributed by atoms with E-state index >= 15 is 0 Å². The predicted octanol–water partition coefficient (Wildman–Crippen LogP) is 1.67. The van der Waals surface area contributed by atoms with Crippen LogP contribution in [0.2, 0.25) is 0 Å². The third kappa shape index (κ3) is 3.91. The minimum Gasteiger partial charge on any atom is -0.312 e. The fourth-order valence-corrected chi connectivity index (χ4v) is 1.93. The van der Waals surface area contributed by atoms with E-state index in [4.69, 9.17) is 0 Å². The maximum Gasteiger partial charge on any atom is 0.190 e. The van der Waals surface area contributed by atoms with Gasteiger partial charge in [-0.15, -0.1) is 10.2 Å². The average molecular weight is 213 g/mol. The first-order chi connectivity index (χ1) is 6.70. The van der Waals surface area contributed by atoms with Gasteiger partial charge in [-0.05, 0) is 19.8 Å². The Morgan fingerprint density at radius 3 is 2.93 bits per heavy atom. The molecule has 14 heavy (non-hydrogen) atoms. The molecule has 0 saturated heterocycles. The molecule has 0 N–H and O–H groups in total. The van der Waals surface area contributed by atoms with Gasteiger partial charge in [-0.3, -0.25) is 0 Å². The van der Waals surface area contributed by atoms with E-state index < -0.39 is 0 Å². The number of Topliss-reactive ketones (excluding diaryl/α,β-unsaturated/α-hetero) is 1. The lowest BCUT2D eigenvalue weighted by molar-refractivity contribution is -0.117. The van der Waals surface area contributed by atoms with Crippen LogP contribution in [0.15, 0.2) is 11.5 Å². The van der Waals surface area contributed by atoms with E-state index in [0.717, 1.165) is 23.8 Å². The van der Waals surface area contributed by atoms with Crippen molar-refractivity contribution in [2.24, 2.45) is 7.05 Å². The molecule has 0 amide bonds. The molecule has 1 heterocycles. The van der Waals surface area contributed by atoms with Crippen molar-refractivity contribution in [1.82, 2.24) is 14.8 Å². The number of hydrogen-bond donors (Lipinski definition) is 0. The molecule has 1 rings (SSSR count). The van der Waals surface area contributed by atoms with Crippen LogP contribution in [-0.4, -0.2) is 26.3 Å². The number of hydrogen-bond acceptors (Lipinski definition) is 4. The molecule has 1 aromatic rings. The second-order valence-corrected chi connectivity index (χ2v) is 4.29. The fraction of sp³-hybridized carbons (Fsp3) is 0.667. The molecule has 5 heteroatoms. The number of aromatic nitrogens is 3. The Morgan fingerprint density at radius 1 is 1.57 bits per heavy atom. The number of carbonyl (C=O) groups excluding carboxylic acids is 1. The van der Waals surface area contributed by atoms with Crippen LogP contribution >= 0.6 is 11.8 Å².